The average Bonchev–Trinajstić information content (AvgIpc) is 2.92. The molecule has 0 saturated heterocycles. The summed E-state index contributed by atoms with van der Waals surface area (Å²) in [6.07, 6.45) is 1.96. The molecule has 0 fully saturated rings. The van der Waals surface area contributed by atoms with Crippen LogP contribution >= 0.6 is 0 Å². The number of aromatic nitrogens is 2. The lowest BCUT2D eigenvalue weighted by Gasteiger charge is -2.06. The molecule has 21 heavy (non-hydrogen) atoms. The summed E-state index contributed by atoms with van der Waals surface area (Å²) >= 11 is 0. The highest BCUT2D eigenvalue weighted by molar-refractivity contribution is 5.84. The molecule has 1 N–H and O–H groups in total. The smallest absolute Gasteiger partial charge is 0.119 e. The maximum atomic E-state index is 5.25. The van der Waals surface area contributed by atoms with Gasteiger partial charge in [0, 0.05) is 26.3 Å². The summed E-state index contributed by atoms with van der Waals surface area (Å²) in [5.74, 6) is 0.892. The molecule has 2 aromatic carbocycles. The summed E-state index contributed by atoms with van der Waals surface area (Å²) in [5.41, 5.74) is 2.33. The number of fused-ring (bicyclic) bond motifs is 1. The van der Waals surface area contributed by atoms with Gasteiger partial charge in [0.15, 0.2) is 0 Å². The topological polar surface area (TPSA) is 39.1 Å². The molecule has 0 unspecified atom stereocenters. The third-order valence-electron chi connectivity index (χ3n) is 3.52. The van der Waals surface area contributed by atoms with E-state index in [4.69, 9.17) is 4.74 Å². The molecule has 3 aromatic rings. The van der Waals surface area contributed by atoms with Gasteiger partial charge in [0.25, 0.3) is 0 Å². The van der Waals surface area contributed by atoms with E-state index in [-0.39, 0.29) is 0 Å². The number of nitrogens with zero attached hydrogens (tertiary/aromatic N) is 2. The van der Waals surface area contributed by atoms with Crippen LogP contribution in [-0.2, 0) is 20.1 Å². The second-order valence-corrected chi connectivity index (χ2v) is 5.13. The number of ether oxygens (including phenoxy) is 1. The van der Waals surface area contributed by atoms with Crippen molar-refractivity contribution < 1.29 is 4.74 Å². The SMILES string of the molecule is COc1ccc2cc(CNCc3ccn(C)n3)ccc2c1. The van der Waals surface area contributed by atoms with E-state index in [0.717, 1.165) is 24.5 Å². The minimum Gasteiger partial charge on any atom is -0.497 e. The van der Waals surface area contributed by atoms with Crippen molar-refractivity contribution in [2.75, 3.05) is 7.11 Å². The summed E-state index contributed by atoms with van der Waals surface area (Å²) in [6, 6.07) is 14.7. The first-order valence-corrected chi connectivity index (χ1v) is 7.00. The Morgan fingerprint density at radius 3 is 2.62 bits per heavy atom. The van der Waals surface area contributed by atoms with Crippen LogP contribution in [0.25, 0.3) is 10.8 Å². The van der Waals surface area contributed by atoms with Gasteiger partial charge in [-0.25, -0.2) is 0 Å². The molecule has 1 heterocycles. The van der Waals surface area contributed by atoms with Gasteiger partial charge in [-0.15, -0.1) is 0 Å². The van der Waals surface area contributed by atoms with Crippen molar-refractivity contribution in [3.63, 3.8) is 0 Å². The fourth-order valence-electron chi connectivity index (χ4n) is 2.40. The second-order valence-electron chi connectivity index (χ2n) is 5.13. The molecule has 4 nitrogen and oxygen atoms in total. The van der Waals surface area contributed by atoms with Gasteiger partial charge >= 0.3 is 0 Å². The zero-order chi connectivity index (χ0) is 14.7. The molecule has 0 aliphatic rings. The van der Waals surface area contributed by atoms with Gasteiger partial charge in [0.1, 0.15) is 5.75 Å². The van der Waals surface area contributed by atoms with Crippen molar-refractivity contribution in [3.8, 4) is 5.75 Å². The standard InChI is InChI=1S/C17H19N3O/c1-20-8-7-16(19-20)12-18-11-13-3-4-15-10-17(21-2)6-5-14(15)9-13/h3-10,18H,11-12H2,1-2H3. The quantitative estimate of drug-likeness (QED) is 0.781. The van der Waals surface area contributed by atoms with Crippen molar-refractivity contribution in [2.45, 2.75) is 13.1 Å². The summed E-state index contributed by atoms with van der Waals surface area (Å²) in [6.45, 7) is 1.61. The Hall–Kier alpha value is -2.33. The lowest BCUT2D eigenvalue weighted by molar-refractivity contribution is 0.415. The predicted molar refractivity (Wildman–Crippen MR) is 84.3 cm³/mol. The van der Waals surface area contributed by atoms with Crippen molar-refractivity contribution in [2.24, 2.45) is 7.05 Å². The van der Waals surface area contributed by atoms with Gasteiger partial charge in [-0.2, -0.15) is 5.10 Å². The largest absolute Gasteiger partial charge is 0.497 e. The van der Waals surface area contributed by atoms with Gasteiger partial charge < -0.3 is 10.1 Å². The fraction of sp³-hybridized carbons (Fsp3) is 0.235. The Morgan fingerprint density at radius 1 is 1.05 bits per heavy atom. The molecule has 3 rings (SSSR count). The van der Waals surface area contributed by atoms with E-state index < -0.39 is 0 Å². The number of hydrogen-bond acceptors (Lipinski definition) is 3. The molecule has 4 heteroatoms. The van der Waals surface area contributed by atoms with Crippen molar-refractivity contribution in [1.82, 2.24) is 15.1 Å². The van der Waals surface area contributed by atoms with E-state index in [1.807, 2.05) is 30.1 Å². The Morgan fingerprint density at radius 2 is 1.86 bits per heavy atom. The number of methoxy groups -OCH3 is 1. The third-order valence-corrected chi connectivity index (χ3v) is 3.52. The lowest BCUT2D eigenvalue weighted by Crippen LogP contribution is -2.13. The van der Waals surface area contributed by atoms with Crippen LogP contribution in [-0.4, -0.2) is 16.9 Å². The molecule has 0 saturated carbocycles. The zero-order valence-electron chi connectivity index (χ0n) is 12.3. The average molecular weight is 281 g/mol. The summed E-state index contributed by atoms with van der Waals surface area (Å²) in [7, 11) is 3.62. The Labute approximate surface area is 124 Å². The van der Waals surface area contributed by atoms with Crippen LogP contribution in [0, 0.1) is 0 Å². The molecule has 0 amide bonds. The van der Waals surface area contributed by atoms with Crippen LogP contribution in [0.2, 0.25) is 0 Å². The number of rotatable bonds is 5. The molecule has 0 radical (unpaired) electrons. The second kappa shape index (κ2) is 5.97. The van der Waals surface area contributed by atoms with Crippen LogP contribution in [0.5, 0.6) is 5.75 Å². The summed E-state index contributed by atoms with van der Waals surface area (Å²) in [5, 5.41) is 10.2. The van der Waals surface area contributed by atoms with E-state index in [2.05, 4.69) is 40.7 Å². The Balaban J connectivity index is 1.67. The predicted octanol–water partition coefficient (Wildman–Crippen LogP) is 2.87. The Bertz CT molecular complexity index is 749. The highest BCUT2D eigenvalue weighted by Gasteiger charge is 2.00. The van der Waals surface area contributed by atoms with Crippen LogP contribution in [0.15, 0.2) is 48.7 Å². The van der Waals surface area contributed by atoms with Crippen LogP contribution < -0.4 is 10.1 Å². The monoisotopic (exact) mass is 281 g/mol. The van der Waals surface area contributed by atoms with Crippen molar-refractivity contribution in [1.29, 1.82) is 0 Å². The maximum absolute atomic E-state index is 5.25. The van der Waals surface area contributed by atoms with Gasteiger partial charge in [-0.3, -0.25) is 4.68 Å². The van der Waals surface area contributed by atoms with Gasteiger partial charge in [-0.1, -0.05) is 18.2 Å². The first-order valence-electron chi connectivity index (χ1n) is 7.00. The molecule has 0 aliphatic heterocycles. The summed E-state index contributed by atoms with van der Waals surface area (Å²) < 4.78 is 7.07. The van der Waals surface area contributed by atoms with E-state index in [9.17, 15) is 0 Å². The molecule has 0 spiro atoms. The highest BCUT2D eigenvalue weighted by Crippen LogP contribution is 2.21. The molecule has 108 valence electrons. The molecular formula is C17H19N3O. The minimum absolute atomic E-state index is 0.779. The lowest BCUT2D eigenvalue weighted by atomic mass is 10.1. The van der Waals surface area contributed by atoms with Gasteiger partial charge in [0.2, 0.25) is 0 Å². The van der Waals surface area contributed by atoms with Crippen molar-refractivity contribution in [3.05, 3.63) is 59.9 Å². The van der Waals surface area contributed by atoms with Gasteiger partial charge in [0.05, 0.1) is 12.8 Å². The molecule has 0 bridgehead atoms. The normalized spacial score (nSPS) is 11.0. The minimum atomic E-state index is 0.779. The third kappa shape index (κ3) is 3.23. The molecule has 0 aliphatic carbocycles. The fourth-order valence-corrected chi connectivity index (χ4v) is 2.40. The van der Waals surface area contributed by atoms with Crippen LogP contribution in [0.4, 0.5) is 0 Å². The Kier molecular flexibility index (Phi) is 3.88. The van der Waals surface area contributed by atoms with Gasteiger partial charge in [-0.05, 0) is 40.6 Å². The van der Waals surface area contributed by atoms with E-state index in [0.29, 0.717) is 0 Å². The molecule has 0 atom stereocenters. The maximum Gasteiger partial charge on any atom is 0.119 e. The first kappa shape index (κ1) is 13.6. The number of aryl methyl sites for hydroxylation is 1. The van der Waals surface area contributed by atoms with Crippen LogP contribution in [0.3, 0.4) is 0 Å². The number of benzene rings is 2. The first-order chi connectivity index (χ1) is 10.2. The van der Waals surface area contributed by atoms with E-state index in [1.54, 1.807) is 7.11 Å². The molecular weight excluding hydrogens is 262 g/mol. The number of nitrogens with one attached hydrogen (secondary N) is 1. The van der Waals surface area contributed by atoms with Crippen molar-refractivity contribution >= 4 is 10.8 Å². The van der Waals surface area contributed by atoms with Crippen LogP contribution in [0.1, 0.15) is 11.3 Å². The highest BCUT2D eigenvalue weighted by atomic mass is 16.5. The number of hydrogen-bond donors (Lipinski definition) is 1. The molecule has 1 aromatic heterocycles. The van der Waals surface area contributed by atoms with E-state index in [1.165, 1.54) is 16.3 Å². The van der Waals surface area contributed by atoms with E-state index >= 15 is 0 Å². The zero-order valence-corrected chi connectivity index (χ0v) is 12.3. The summed E-state index contributed by atoms with van der Waals surface area (Å²) in [4.78, 5) is 0.